The largest absolute Gasteiger partial charge is 0.452 e. The molecule has 1 aliphatic carbocycles. The van der Waals surface area contributed by atoms with Gasteiger partial charge in [-0.3, -0.25) is 4.79 Å². The van der Waals surface area contributed by atoms with Gasteiger partial charge in [-0.05, 0) is 50.3 Å². The summed E-state index contributed by atoms with van der Waals surface area (Å²) in [5.74, 6) is -0.283. The third-order valence-corrected chi connectivity index (χ3v) is 5.80. The summed E-state index contributed by atoms with van der Waals surface area (Å²) >= 11 is 1.61. The van der Waals surface area contributed by atoms with Crippen LogP contribution >= 0.6 is 11.3 Å². The summed E-state index contributed by atoms with van der Waals surface area (Å²) in [6.07, 6.45) is 4.19. The number of fused-ring (bicyclic) bond motifs is 1. The number of nitrogens with one attached hydrogen (secondary N) is 1. The van der Waals surface area contributed by atoms with Gasteiger partial charge in [0.1, 0.15) is 5.82 Å². The molecule has 28 heavy (non-hydrogen) atoms. The predicted molar refractivity (Wildman–Crippen MR) is 108 cm³/mol. The van der Waals surface area contributed by atoms with Crippen molar-refractivity contribution in [2.45, 2.75) is 32.6 Å². The number of para-hydroxylation sites is 1. The number of aromatic nitrogens is 2. The number of aryl methyl sites for hydroxylation is 2. The molecule has 6 nitrogen and oxygen atoms in total. The van der Waals surface area contributed by atoms with Crippen molar-refractivity contribution in [3.8, 4) is 5.69 Å². The minimum absolute atomic E-state index is 0.331. The van der Waals surface area contributed by atoms with Crippen LogP contribution in [0.15, 0.2) is 41.8 Å². The number of rotatable bonds is 5. The lowest BCUT2D eigenvalue weighted by Crippen LogP contribution is -2.22. The minimum atomic E-state index is -0.428. The van der Waals surface area contributed by atoms with Gasteiger partial charge in [-0.2, -0.15) is 5.10 Å². The van der Waals surface area contributed by atoms with Crippen molar-refractivity contribution in [3.63, 3.8) is 0 Å². The Morgan fingerprint density at radius 2 is 2.00 bits per heavy atom. The molecule has 0 fully saturated rings. The van der Waals surface area contributed by atoms with Crippen molar-refractivity contribution in [2.24, 2.45) is 0 Å². The Kier molecular flexibility index (Phi) is 5.25. The molecule has 0 aliphatic heterocycles. The lowest BCUT2D eigenvalue weighted by molar-refractivity contribution is -0.119. The molecule has 2 aromatic heterocycles. The van der Waals surface area contributed by atoms with Crippen LogP contribution in [0.4, 0.5) is 5.82 Å². The molecule has 1 amide bonds. The van der Waals surface area contributed by atoms with Gasteiger partial charge in [0.25, 0.3) is 5.91 Å². The van der Waals surface area contributed by atoms with E-state index >= 15 is 0 Å². The number of anilines is 1. The van der Waals surface area contributed by atoms with Gasteiger partial charge in [0.15, 0.2) is 6.61 Å². The lowest BCUT2D eigenvalue weighted by atomic mass is 9.96. The van der Waals surface area contributed by atoms with E-state index in [1.165, 1.54) is 11.3 Å². The topological polar surface area (TPSA) is 73.2 Å². The summed E-state index contributed by atoms with van der Waals surface area (Å²) < 4.78 is 6.92. The van der Waals surface area contributed by atoms with Crippen LogP contribution < -0.4 is 5.32 Å². The van der Waals surface area contributed by atoms with Gasteiger partial charge >= 0.3 is 5.97 Å². The Morgan fingerprint density at radius 1 is 1.21 bits per heavy atom. The van der Waals surface area contributed by atoms with Crippen molar-refractivity contribution in [2.75, 3.05) is 11.9 Å². The molecule has 1 aromatic carbocycles. The van der Waals surface area contributed by atoms with E-state index in [4.69, 9.17) is 4.74 Å². The Bertz CT molecular complexity index is 1010. The molecule has 3 aromatic rings. The quantitative estimate of drug-likeness (QED) is 0.665. The summed E-state index contributed by atoms with van der Waals surface area (Å²) in [4.78, 5) is 26.0. The lowest BCUT2D eigenvalue weighted by Gasteiger charge is -2.12. The number of hydrogen-bond donors (Lipinski definition) is 1. The van der Waals surface area contributed by atoms with Crippen molar-refractivity contribution < 1.29 is 14.3 Å². The Labute approximate surface area is 167 Å². The standard InChI is InChI=1S/C21H21N3O3S/c1-14-11-19(24(23-14)15-7-3-2-4-8-15)22-20(25)12-27-21(26)17-13-28-18-10-6-5-9-16(17)18/h2-4,7-8,11,13H,5-6,9-10,12H2,1H3,(H,22,25). The van der Waals surface area contributed by atoms with Gasteiger partial charge in [0, 0.05) is 16.3 Å². The average Bonchev–Trinajstić information content (AvgIpc) is 3.30. The van der Waals surface area contributed by atoms with Crippen LogP contribution in [0.1, 0.15) is 39.3 Å². The minimum Gasteiger partial charge on any atom is -0.452 e. The van der Waals surface area contributed by atoms with E-state index in [1.807, 2.05) is 42.6 Å². The summed E-state index contributed by atoms with van der Waals surface area (Å²) in [6, 6.07) is 11.3. The molecule has 0 unspecified atom stereocenters. The zero-order valence-corrected chi connectivity index (χ0v) is 16.4. The number of ether oxygens (including phenoxy) is 1. The normalized spacial score (nSPS) is 13.0. The second kappa shape index (κ2) is 7.98. The number of carbonyl (C=O) groups is 2. The monoisotopic (exact) mass is 395 g/mol. The predicted octanol–water partition coefficient (Wildman–Crippen LogP) is 3.92. The maximum Gasteiger partial charge on any atom is 0.339 e. The van der Waals surface area contributed by atoms with Crippen LogP contribution in [0.5, 0.6) is 0 Å². The van der Waals surface area contributed by atoms with Crippen LogP contribution in [-0.2, 0) is 22.4 Å². The molecule has 0 saturated carbocycles. The van der Waals surface area contributed by atoms with E-state index in [-0.39, 0.29) is 6.61 Å². The molecule has 1 aliphatic rings. The highest BCUT2D eigenvalue weighted by Gasteiger charge is 2.22. The molecule has 0 atom stereocenters. The summed E-state index contributed by atoms with van der Waals surface area (Å²) in [7, 11) is 0. The van der Waals surface area contributed by atoms with E-state index in [0.717, 1.165) is 36.2 Å². The Hall–Kier alpha value is -2.93. The number of hydrogen-bond acceptors (Lipinski definition) is 5. The van der Waals surface area contributed by atoms with Gasteiger partial charge in [-0.1, -0.05) is 18.2 Å². The fraction of sp³-hybridized carbons (Fsp3) is 0.286. The molecule has 4 rings (SSSR count). The average molecular weight is 395 g/mol. The first kappa shape index (κ1) is 18.4. The number of nitrogens with zero attached hydrogens (tertiary/aromatic N) is 2. The van der Waals surface area contributed by atoms with Crippen molar-refractivity contribution in [3.05, 3.63) is 63.5 Å². The first-order chi connectivity index (χ1) is 13.6. The zero-order chi connectivity index (χ0) is 19.5. The molecular weight excluding hydrogens is 374 g/mol. The Balaban J connectivity index is 1.40. The van der Waals surface area contributed by atoms with E-state index < -0.39 is 11.9 Å². The summed E-state index contributed by atoms with van der Waals surface area (Å²) in [5.41, 5.74) is 3.32. The first-order valence-electron chi connectivity index (χ1n) is 9.30. The SMILES string of the molecule is Cc1cc(NC(=O)COC(=O)c2csc3c2CCCC3)n(-c2ccccc2)n1. The molecular formula is C21H21N3O3S. The molecule has 144 valence electrons. The molecule has 0 radical (unpaired) electrons. The van der Waals surface area contributed by atoms with Gasteiger partial charge in [0.2, 0.25) is 0 Å². The van der Waals surface area contributed by atoms with Gasteiger partial charge in [-0.25, -0.2) is 9.48 Å². The van der Waals surface area contributed by atoms with Crippen LogP contribution in [-0.4, -0.2) is 28.3 Å². The highest BCUT2D eigenvalue weighted by molar-refractivity contribution is 7.10. The fourth-order valence-electron chi connectivity index (χ4n) is 3.41. The second-order valence-electron chi connectivity index (χ2n) is 6.80. The van der Waals surface area contributed by atoms with Crippen LogP contribution in [0.2, 0.25) is 0 Å². The highest BCUT2D eigenvalue weighted by atomic mass is 32.1. The molecule has 2 heterocycles. The second-order valence-corrected chi connectivity index (χ2v) is 7.77. The first-order valence-corrected chi connectivity index (χ1v) is 10.2. The highest BCUT2D eigenvalue weighted by Crippen LogP contribution is 2.30. The van der Waals surface area contributed by atoms with E-state index in [1.54, 1.807) is 22.1 Å². The zero-order valence-electron chi connectivity index (χ0n) is 15.6. The molecule has 0 saturated heterocycles. The number of carbonyl (C=O) groups excluding carboxylic acids is 2. The van der Waals surface area contributed by atoms with E-state index in [0.29, 0.717) is 11.4 Å². The van der Waals surface area contributed by atoms with Crippen molar-refractivity contribution in [1.29, 1.82) is 0 Å². The van der Waals surface area contributed by atoms with E-state index in [9.17, 15) is 9.59 Å². The van der Waals surface area contributed by atoms with Crippen molar-refractivity contribution >= 4 is 29.0 Å². The molecule has 7 heteroatoms. The molecule has 0 spiro atoms. The van der Waals surface area contributed by atoms with Gasteiger partial charge in [-0.15, -0.1) is 11.3 Å². The summed E-state index contributed by atoms with van der Waals surface area (Å²) in [5, 5.41) is 9.04. The van der Waals surface area contributed by atoms with E-state index in [2.05, 4.69) is 10.4 Å². The Morgan fingerprint density at radius 3 is 2.82 bits per heavy atom. The van der Waals surface area contributed by atoms with Crippen LogP contribution in [0.25, 0.3) is 5.69 Å². The third-order valence-electron chi connectivity index (χ3n) is 4.72. The third kappa shape index (κ3) is 3.84. The summed E-state index contributed by atoms with van der Waals surface area (Å²) in [6.45, 7) is 1.53. The van der Waals surface area contributed by atoms with Crippen molar-refractivity contribution in [1.82, 2.24) is 9.78 Å². The number of thiophene rings is 1. The smallest absolute Gasteiger partial charge is 0.339 e. The van der Waals surface area contributed by atoms with Crippen LogP contribution in [0.3, 0.4) is 0 Å². The van der Waals surface area contributed by atoms with Crippen LogP contribution in [0, 0.1) is 6.92 Å². The number of esters is 1. The van der Waals surface area contributed by atoms with Gasteiger partial charge < -0.3 is 10.1 Å². The maximum atomic E-state index is 12.4. The maximum absolute atomic E-state index is 12.4. The van der Waals surface area contributed by atoms with Gasteiger partial charge in [0.05, 0.1) is 16.9 Å². The number of benzene rings is 1. The molecule has 1 N–H and O–H groups in total. The number of amides is 1. The fourth-order valence-corrected chi connectivity index (χ4v) is 4.52. The molecule has 0 bridgehead atoms.